The number of hydroxylamine groups is 2. The van der Waals surface area contributed by atoms with Gasteiger partial charge in [0.2, 0.25) is 0 Å². The molecular weight excluding hydrogens is 252 g/mol. The number of aromatic nitrogens is 1. The van der Waals surface area contributed by atoms with Crippen LogP contribution < -0.4 is 15.5 Å². The summed E-state index contributed by atoms with van der Waals surface area (Å²) in [6.45, 7) is 5.20. The maximum Gasteiger partial charge on any atom is 0.150 e. The lowest BCUT2D eigenvalue weighted by Gasteiger charge is -2.38. The summed E-state index contributed by atoms with van der Waals surface area (Å²) < 4.78 is 0. The van der Waals surface area contributed by atoms with Crippen molar-refractivity contribution >= 4 is 11.4 Å². The second-order valence-electron chi connectivity index (χ2n) is 5.52. The molecule has 20 heavy (non-hydrogen) atoms. The molecule has 0 saturated heterocycles. The molecule has 0 bridgehead atoms. The minimum atomic E-state index is 0.365. The van der Waals surface area contributed by atoms with E-state index in [0.29, 0.717) is 18.2 Å². The zero-order chi connectivity index (χ0) is 13.9. The summed E-state index contributed by atoms with van der Waals surface area (Å²) >= 11 is 0. The molecule has 3 rings (SSSR count). The molecule has 0 radical (unpaired) electrons. The minimum Gasteiger partial charge on any atom is -0.634 e. The van der Waals surface area contributed by atoms with Gasteiger partial charge in [-0.1, -0.05) is 13.3 Å². The lowest BCUT2D eigenvalue weighted by atomic mass is 9.91. The molecule has 1 aromatic heterocycles. The lowest BCUT2D eigenvalue weighted by Crippen LogP contribution is -3.08. The van der Waals surface area contributed by atoms with Gasteiger partial charge < -0.3 is 10.3 Å². The minimum absolute atomic E-state index is 0.365. The molecule has 0 spiro atoms. The SMILES string of the molecule is CCCCNN1CC2=C(CC[NH+]([O-])C2)c2cccnc21. The lowest BCUT2D eigenvalue weighted by molar-refractivity contribution is -0.843. The van der Waals surface area contributed by atoms with Gasteiger partial charge in [0, 0.05) is 30.3 Å². The maximum atomic E-state index is 11.7. The van der Waals surface area contributed by atoms with Crippen molar-refractivity contribution in [3.05, 3.63) is 34.7 Å². The van der Waals surface area contributed by atoms with Gasteiger partial charge in [-0.3, -0.25) is 5.01 Å². The number of quaternary nitrogens is 1. The quantitative estimate of drug-likeness (QED) is 0.628. The summed E-state index contributed by atoms with van der Waals surface area (Å²) in [5.41, 5.74) is 7.27. The van der Waals surface area contributed by atoms with Crippen molar-refractivity contribution in [1.29, 1.82) is 0 Å². The molecule has 2 N–H and O–H groups in total. The second-order valence-corrected chi connectivity index (χ2v) is 5.52. The molecule has 0 aliphatic carbocycles. The van der Waals surface area contributed by atoms with Crippen LogP contribution in [0, 0.1) is 5.21 Å². The molecule has 0 fully saturated rings. The Hall–Kier alpha value is -1.43. The van der Waals surface area contributed by atoms with Gasteiger partial charge >= 0.3 is 0 Å². The van der Waals surface area contributed by atoms with Crippen LogP contribution in [-0.2, 0) is 0 Å². The molecule has 1 aromatic rings. The van der Waals surface area contributed by atoms with E-state index in [0.717, 1.165) is 31.7 Å². The summed E-state index contributed by atoms with van der Waals surface area (Å²) in [5, 5.41) is 14.2. The Bertz CT molecular complexity index is 514. The molecule has 1 atom stereocenters. The van der Waals surface area contributed by atoms with Crippen molar-refractivity contribution < 1.29 is 5.06 Å². The smallest absolute Gasteiger partial charge is 0.150 e. The van der Waals surface area contributed by atoms with E-state index in [4.69, 9.17) is 0 Å². The van der Waals surface area contributed by atoms with Crippen LogP contribution in [0.15, 0.2) is 23.9 Å². The van der Waals surface area contributed by atoms with Gasteiger partial charge in [-0.25, -0.2) is 10.4 Å². The van der Waals surface area contributed by atoms with Gasteiger partial charge in [0.15, 0.2) is 5.82 Å². The number of anilines is 1. The van der Waals surface area contributed by atoms with Crippen LogP contribution in [0.1, 0.15) is 31.7 Å². The zero-order valence-electron chi connectivity index (χ0n) is 12.0. The van der Waals surface area contributed by atoms with E-state index in [1.165, 1.54) is 23.1 Å². The Labute approximate surface area is 119 Å². The number of pyridine rings is 1. The fourth-order valence-corrected chi connectivity index (χ4v) is 2.99. The van der Waals surface area contributed by atoms with Crippen molar-refractivity contribution in [3.8, 4) is 0 Å². The molecule has 1 unspecified atom stereocenters. The van der Waals surface area contributed by atoms with E-state index >= 15 is 0 Å². The highest BCUT2D eigenvalue weighted by atomic mass is 16.5. The van der Waals surface area contributed by atoms with E-state index < -0.39 is 0 Å². The fourth-order valence-electron chi connectivity index (χ4n) is 2.99. The van der Waals surface area contributed by atoms with Crippen molar-refractivity contribution in [2.24, 2.45) is 0 Å². The van der Waals surface area contributed by atoms with Crippen molar-refractivity contribution in [2.75, 3.05) is 31.2 Å². The number of hydrazine groups is 1. The second kappa shape index (κ2) is 5.91. The third-order valence-corrected chi connectivity index (χ3v) is 4.04. The van der Waals surface area contributed by atoms with Gasteiger partial charge in [-0.2, -0.15) is 0 Å². The highest BCUT2D eigenvalue weighted by molar-refractivity contribution is 5.80. The van der Waals surface area contributed by atoms with Gasteiger partial charge in [0.1, 0.15) is 6.54 Å². The number of rotatable bonds is 4. The highest BCUT2D eigenvalue weighted by Gasteiger charge is 2.29. The largest absolute Gasteiger partial charge is 0.634 e. The van der Waals surface area contributed by atoms with Crippen LogP contribution in [0.25, 0.3) is 5.57 Å². The van der Waals surface area contributed by atoms with Crippen molar-refractivity contribution in [3.63, 3.8) is 0 Å². The number of unbranched alkanes of at least 4 members (excludes halogenated alkanes) is 1. The summed E-state index contributed by atoms with van der Waals surface area (Å²) in [6, 6.07) is 4.11. The number of hydrogen-bond acceptors (Lipinski definition) is 4. The molecule has 0 aromatic carbocycles. The Morgan fingerprint density at radius 3 is 3.25 bits per heavy atom. The third kappa shape index (κ3) is 2.57. The van der Waals surface area contributed by atoms with Gasteiger partial charge in [-0.05, 0) is 24.1 Å². The molecule has 108 valence electrons. The number of fused-ring (bicyclic) bond motifs is 2. The normalized spacial score (nSPS) is 21.7. The van der Waals surface area contributed by atoms with Gasteiger partial charge in [0.05, 0.1) is 13.1 Å². The first-order valence-electron chi connectivity index (χ1n) is 7.48. The molecule has 0 amide bonds. The van der Waals surface area contributed by atoms with E-state index in [1.807, 2.05) is 12.3 Å². The molecule has 3 heterocycles. The summed E-state index contributed by atoms with van der Waals surface area (Å²) in [7, 11) is 0. The Balaban J connectivity index is 1.88. The van der Waals surface area contributed by atoms with Crippen LogP contribution in [0.4, 0.5) is 5.82 Å². The summed E-state index contributed by atoms with van der Waals surface area (Å²) in [6.07, 6.45) is 5.02. The van der Waals surface area contributed by atoms with Crippen LogP contribution in [-0.4, -0.2) is 31.2 Å². The monoisotopic (exact) mass is 274 g/mol. The first-order valence-corrected chi connectivity index (χ1v) is 7.48. The van der Waals surface area contributed by atoms with E-state index in [1.54, 1.807) is 0 Å². The van der Waals surface area contributed by atoms with Crippen LogP contribution >= 0.6 is 0 Å². The average Bonchev–Trinajstić information content (AvgIpc) is 2.47. The molecule has 0 saturated carbocycles. The average molecular weight is 274 g/mol. The maximum absolute atomic E-state index is 11.7. The summed E-state index contributed by atoms with van der Waals surface area (Å²) in [5.74, 6) is 1.01. The van der Waals surface area contributed by atoms with Gasteiger partial charge in [0.25, 0.3) is 0 Å². The zero-order valence-corrected chi connectivity index (χ0v) is 12.0. The first kappa shape index (κ1) is 13.5. The Kier molecular flexibility index (Phi) is 4.00. The standard InChI is InChI=1S/C15H22N4O/c1-2-3-8-17-19-11-12-10-18(20)9-6-13(12)14-5-4-7-16-15(14)19/h4-5,7,17-18H,2-3,6,8-11H2,1H3. The fraction of sp³-hybridized carbons (Fsp3) is 0.533. The molecule has 2 aliphatic rings. The van der Waals surface area contributed by atoms with Crippen molar-refractivity contribution in [2.45, 2.75) is 26.2 Å². The predicted molar refractivity (Wildman–Crippen MR) is 80.1 cm³/mol. The number of nitrogens with zero attached hydrogens (tertiary/aromatic N) is 2. The number of nitrogens with one attached hydrogen (secondary N) is 2. The predicted octanol–water partition coefficient (Wildman–Crippen LogP) is 0.746. The van der Waals surface area contributed by atoms with Crippen molar-refractivity contribution in [1.82, 2.24) is 10.4 Å². The molecular formula is C15H22N4O. The van der Waals surface area contributed by atoms with Crippen LogP contribution in [0.3, 0.4) is 0 Å². The first-order chi connectivity index (χ1) is 9.79. The van der Waals surface area contributed by atoms with E-state index in [2.05, 4.69) is 28.4 Å². The van der Waals surface area contributed by atoms with E-state index in [-0.39, 0.29) is 0 Å². The van der Waals surface area contributed by atoms with Crippen LogP contribution in [0.5, 0.6) is 0 Å². The topological polar surface area (TPSA) is 55.7 Å². The Morgan fingerprint density at radius 1 is 1.50 bits per heavy atom. The molecule has 5 heteroatoms. The molecule has 2 aliphatic heterocycles. The van der Waals surface area contributed by atoms with Gasteiger partial charge in [-0.15, -0.1) is 0 Å². The Morgan fingerprint density at radius 2 is 2.40 bits per heavy atom. The number of hydrogen-bond donors (Lipinski definition) is 2. The molecule has 5 nitrogen and oxygen atoms in total. The summed E-state index contributed by atoms with van der Waals surface area (Å²) in [4.78, 5) is 4.53. The highest BCUT2D eigenvalue weighted by Crippen LogP contribution is 2.34. The third-order valence-electron chi connectivity index (χ3n) is 4.04. The van der Waals surface area contributed by atoms with E-state index in [9.17, 15) is 5.21 Å². The van der Waals surface area contributed by atoms with Crippen LogP contribution in [0.2, 0.25) is 0 Å².